The second kappa shape index (κ2) is 6.30. The van der Waals surface area contributed by atoms with Crippen molar-refractivity contribution in [1.29, 1.82) is 0 Å². The van der Waals surface area contributed by atoms with E-state index in [4.69, 9.17) is 10.6 Å². The maximum atomic E-state index is 12.7. The molecule has 1 aromatic heterocycles. The van der Waals surface area contributed by atoms with Gasteiger partial charge in [-0.1, -0.05) is 19.3 Å². The Morgan fingerprint density at radius 3 is 2.55 bits per heavy atom. The number of pyridine rings is 1. The topological polar surface area (TPSA) is 60.2 Å². The van der Waals surface area contributed by atoms with Gasteiger partial charge in [0.05, 0.1) is 12.2 Å². The fraction of sp³-hybridized carbons (Fsp3) is 0.615. The lowest BCUT2D eigenvalue weighted by Crippen LogP contribution is -2.17. The number of nitrogens with one attached hydrogen (secondary N) is 1. The summed E-state index contributed by atoms with van der Waals surface area (Å²) in [4.78, 5) is 3.89. The number of hydrogen-bond acceptors (Lipinski definition) is 4. The molecular formula is C13H18F3N3O. The highest BCUT2D eigenvalue weighted by Crippen LogP contribution is 2.33. The molecule has 1 heterocycles. The SMILES string of the molecule is NNc1cc(C(F)(F)F)cc(OCC2CCCCC2)n1. The molecule has 1 aliphatic rings. The molecule has 7 heteroatoms. The van der Waals surface area contributed by atoms with Gasteiger partial charge < -0.3 is 10.2 Å². The van der Waals surface area contributed by atoms with Crippen molar-refractivity contribution in [2.45, 2.75) is 38.3 Å². The highest BCUT2D eigenvalue weighted by atomic mass is 19.4. The summed E-state index contributed by atoms with van der Waals surface area (Å²) in [5, 5.41) is 0. The Balaban J connectivity index is 2.06. The molecule has 1 aromatic rings. The first-order valence-corrected chi connectivity index (χ1v) is 6.68. The maximum Gasteiger partial charge on any atom is 0.416 e. The first-order chi connectivity index (χ1) is 9.49. The molecule has 2 rings (SSSR count). The Labute approximate surface area is 115 Å². The molecule has 0 spiro atoms. The second-order valence-electron chi connectivity index (χ2n) is 5.04. The summed E-state index contributed by atoms with van der Waals surface area (Å²) in [7, 11) is 0. The predicted octanol–water partition coefficient (Wildman–Crippen LogP) is 3.35. The average Bonchev–Trinajstić information content (AvgIpc) is 2.45. The minimum absolute atomic E-state index is 0.0432. The molecule has 0 atom stereocenters. The fourth-order valence-electron chi connectivity index (χ4n) is 2.37. The zero-order chi connectivity index (χ0) is 14.6. The number of aromatic nitrogens is 1. The Morgan fingerprint density at radius 2 is 1.95 bits per heavy atom. The summed E-state index contributed by atoms with van der Waals surface area (Å²) in [5.74, 6) is 5.43. The van der Waals surface area contributed by atoms with E-state index in [1.807, 2.05) is 0 Å². The number of nitrogens with two attached hydrogens (primary N) is 1. The number of nitrogens with zero attached hydrogens (tertiary/aromatic N) is 1. The summed E-state index contributed by atoms with van der Waals surface area (Å²) < 4.78 is 43.6. The van der Waals surface area contributed by atoms with E-state index in [9.17, 15) is 13.2 Å². The minimum Gasteiger partial charge on any atom is -0.477 e. The molecule has 112 valence electrons. The summed E-state index contributed by atoms with van der Waals surface area (Å²) in [6.45, 7) is 0.401. The molecule has 20 heavy (non-hydrogen) atoms. The van der Waals surface area contributed by atoms with Crippen molar-refractivity contribution in [2.24, 2.45) is 11.8 Å². The van der Waals surface area contributed by atoms with Crippen molar-refractivity contribution in [3.8, 4) is 5.88 Å². The lowest BCUT2D eigenvalue weighted by Gasteiger charge is -2.21. The molecule has 3 N–H and O–H groups in total. The van der Waals surface area contributed by atoms with E-state index in [0.29, 0.717) is 12.5 Å². The number of anilines is 1. The third-order valence-electron chi connectivity index (χ3n) is 3.47. The van der Waals surface area contributed by atoms with E-state index in [0.717, 1.165) is 37.8 Å². The van der Waals surface area contributed by atoms with Crippen molar-refractivity contribution in [1.82, 2.24) is 4.98 Å². The van der Waals surface area contributed by atoms with Gasteiger partial charge in [-0.05, 0) is 24.8 Å². The fourth-order valence-corrected chi connectivity index (χ4v) is 2.37. The molecule has 0 radical (unpaired) electrons. The van der Waals surface area contributed by atoms with Crippen molar-refractivity contribution in [2.75, 3.05) is 12.0 Å². The molecule has 1 fully saturated rings. The van der Waals surface area contributed by atoms with Gasteiger partial charge in [-0.15, -0.1) is 0 Å². The van der Waals surface area contributed by atoms with E-state index in [2.05, 4.69) is 10.4 Å². The van der Waals surface area contributed by atoms with Gasteiger partial charge in [-0.3, -0.25) is 0 Å². The van der Waals surface area contributed by atoms with Gasteiger partial charge in [0.2, 0.25) is 5.88 Å². The van der Waals surface area contributed by atoms with E-state index in [-0.39, 0.29) is 11.7 Å². The zero-order valence-corrected chi connectivity index (χ0v) is 11.0. The predicted molar refractivity (Wildman–Crippen MR) is 69.1 cm³/mol. The highest BCUT2D eigenvalue weighted by Gasteiger charge is 2.32. The van der Waals surface area contributed by atoms with Crippen LogP contribution < -0.4 is 16.0 Å². The van der Waals surface area contributed by atoms with E-state index in [1.54, 1.807) is 0 Å². The Morgan fingerprint density at radius 1 is 1.25 bits per heavy atom. The molecule has 0 unspecified atom stereocenters. The third-order valence-corrected chi connectivity index (χ3v) is 3.47. The van der Waals surface area contributed by atoms with Gasteiger partial charge in [-0.2, -0.15) is 18.2 Å². The maximum absolute atomic E-state index is 12.7. The quantitative estimate of drug-likeness (QED) is 0.659. The van der Waals surface area contributed by atoms with Crippen LogP contribution in [0.2, 0.25) is 0 Å². The molecule has 0 bridgehead atoms. The van der Waals surface area contributed by atoms with Crippen LogP contribution in [0, 0.1) is 5.92 Å². The monoisotopic (exact) mass is 289 g/mol. The number of hydrogen-bond donors (Lipinski definition) is 2. The van der Waals surface area contributed by atoms with Crippen molar-refractivity contribution >= 4 is 5.82 Å². The van der Waals surface area contributed by atoms with Crippen molar-refractivity contribution in [3.05, 3.63) is 17.7 Å². The molecule has 0 aromatic carbocycles. The first-order valence-electron chi connectivity index (χ1n) is 6.68. The Kier molecular flexibility index (Phi) is 4.69. The summed E-state index contributed by atoms with van der Waals surface area (Å²) >= 11 is 0. The Hall–Kier alpha value is -1.50. The van der Waals surface area contributed by atoms with Crippen LogP contribution >= 0.6 is 0 Å². The second-order valence-corrected chi connectivity index (χ2v) is 5.04. The number of nitrogen functional groups attached to an aromatic ring is 1. The number of halogens is 3. The van der Waals surface area contributed by atoms with Crippen LogP contribution in [0.1, 0.15) is 37.7 Å². The van der Waals surface area contributed by atoms with Crippen molar-refractivity contribution in [3.63, 3.8) is 0 Å². The standard InChI is InChI=1S/C13H18F3N3O/c14-13(15,16)10-6-11(19-17)18-12(7-10)20-8-9-4-2-1-3-5-9/h6-7,9H,1-5,8,17H2,(H,18,19). The zero-order valence-electron chi connectivity index (χ0n) is 11.0. The van der Waals surface area contributed by atoms with Crippen LogP contribution in [0.4, 0.5) is 19.0 Å². The molecule has 0 saturated heterocycles. The smallest absolute Gasteiger partial charge is 0.416 e. The van der Waals surface area contributed by atoms with Crippen LogP contribution in [0.3, 0.4) is 0 Å². The molecule has 0 amide bonds. The first kappa shape index (κ1) is 14.9. The lowest BCUT2D eigenvalue weighted by molar-refractivity contribution is -0.137. The Bertz CT molecular complexity index is 445. The molecule has 1 aliphatic carbocycles. The van der Waals surface area contributed by atoms with Crippen LogP contribution in [0.25, 0.3) is 0 Å². The third kappa shape index (κ3) is 4.00. The van der Waals surface area contributed by atoms with Crippen LogP contribution in [-0.2, 0) is 6.18 Å². The van der Waals surface area contributed by atoms with E-state index >= 15 is 0 Å². The van der Waals surface area contributed by atoms with Crippen LogP contribution in [0.15, 0.2) is 12.1 Å². The van der Waals surface area contributed by atoms with Gasteiger partial charge >= 0.3 is 6.18 Å². The number of ether oxygens (including phenoxy) is 1. The van der Waals surface area contributed by atoms with Crippen LogP contribution in [0.5, 0.6) is 5.88 Å². The van der Waals surface area contributed by atoms with Crippen LogP contribution in [-0.4, -0.2) is 11.6 Å². The van der Waals surface area contributed by atoms with Gasteiger partial charge in [0.15, 0.2) is 0 Å². The summed E-state index contributed by atoms with van der Waals surface area (Å²) in [6, 6.07) is 1.76. The number of alkyl halides is 3. The summed E-state index contributed by atoms with van der Waals surface area (Å²) in [6.07, 6.45) is 1.19. The van der Waals surface area contributed by atoms with E-state index < -0.39 is 11.7 Å². The van der Waals surface area contributed by atoms with Gasteiger partial charge in [-0.25, -0.2) is 5.84 Å². The highest BCUT2D eigenvalue weighted by molar-refractivity contribution is 5.41. The molecule has 0 aliphatic heterocycles. The van der Waals surface area contributed by atoms with Gasteiger partial charge in [0, 0.05) is 6.07 Å². The summed E-state index contributed by atoms with van der Waals surface area (Å²) in [5.41, 5.74) is 1.31. The average molecular weight is 289 g/mol. The lowest BCUT2D eigenvalue weighted by atomic mass is 9.90. The normalized spacial score (nSPS) is 17.0. The van der Waals surface area contributed by atoms with Gasteiger partial charge in [0.1, 0.15) is 5.82 Å². The number of rotatable bonds is 4. The van der Waals surface area contributed by atoms with Crippen molar-refractivity contribution < 1.29 is 17.9 Å². The van der Waals surface area contributed by atoms with E-state index in [1.165, 1.54) is 6.42 Å². The van der Waals surface area contributed by atoms with Gasteiger partial charge in [0.25, 0.3) is 0 Å². The minimum atomic E-state index is -4.45. The largest absolute Gasteiger partial charge is 0.477 e. The molecular weight excluding hydrogens is 271 g/mol. The molecule has 4 nitrogen and oxygen atoms in total. The number of hydrazine groups is 1. The molecule has 1 saturated carbocycles.